The number of aromatic nitrogens is 2. The highest BCUT2D eigenvalue weighted by Gasteiger charge is 2.37. The quantitative estimate of drug-likeness (QED) is 0.761. The molecule has 5 nitrogen and oxygen atoms in total. The van der Waals surface area contributed by atoms with Crippen LogP contribution in [-0.2, 0) is 17.3 Å². The molecule has 1 fully saturated rings. The number of hydrogen-bond acceptors (Lipinski definition) is 3. The summed E-state index contributed by atoms with van der Waals surface area (Å²) in [6.07, 6.45) is 7.67. The lowest BCUT2D eigenvalue weighted by atomic mass is 9.78. The molecule has 27 heavy (non-hydrogen) atoms. The molecule has 0 unspecified atom stereocenters. The highest BCUT2D eigenvalue weighted by Crippen LogP contribution is 2.44. The number of ether oxygens (including phenoxy) is 1. The number of rotatable bonds is 6. The first-order chi connectivity index (χ1) is 13.0. The van der Waals surface area contributed by atoms with Crippen LogP contribution in [0.15, 0.2) is 30.3 Å². The number of para-hydroxylation sites is 1. The number of amides is 1. The number of aryl methyl sites for hydroxylation is 2. The monoisotopic (exact) mass is 387 g/mol. The van der Waals surface area contributed by atoms with E-state index in [-0.39, 0.29) is 11.3 Å². The lowest BCUT2D eigenvalue weighted by Gasteiger charge is -2.31. The molecular weight excluding hydrogens is 362 g/mol. The van der Waals surface area contributed by atoms with E-state index in [0.29, 0.717) is 11.7 Å². The fourth-order valence-corrected chi connectivity index (χ4v) is 4.22. The Balaban J connectivity index is 1.73. The molecule has 1 aliphatic rings. The van der Waals surface area contributed by atoms with E-state index in [4.69, 9.17) is 16.3 Å². The Morgan fingerprint density at radius 3 is 2.70 bits per heavy atom. The van der Waals surface area contributed by atoms with Crippen molar-refractivity contribution in [2.75, 3.05) is 13.7 Å². The van der Waals surface area contributed by atoms with Gasteiger partial charge in [0.05, 0.1) is 12.8 Å². The number of methoxy groups -OCH3 is 1. The first-order valence-electron chi connectivity index (χ1n) is 9.25. The van der Waals surface area contributed by atoms with Crippen molar-refractivity contribution >= 4 is 23.6 Å². The first-order valence-corrected chi connectivity index (χ1v) is 9.63. The SMILES string of the molecule is COc1ccccc1C1(CNC(=O)/C=C/c2c(C)nn(C)c2Cl)CCCC1. The third-order valence-corrected chi connectivity index (χ3v) is 5.89. The third-order valence-electron chi connectivity index (χ3n) is 5.44. The number of nitrogens with zero attached hydrogens (tertiary/aromatic N) is 2. The lowest BCUT2D eigenvalue weighted by Crippen LogP contribution is -2.38. The Morgan fingerprint density at radius 1 is 1.37 bits per heavy atom. The summed E-state index contributed by atoms with van der Waals surface area (Å²) in [5.74, 6) is 0.762. The molecule has 0 saturated heterocycles. The van der Waals surface area contributed by atoms with Crippen LogP contribution >= 0.6 is 11.6 Å². The third kappa shape index (κ3) is 4.03. The summed E-state index contributed by atoms with van der Waals surface area (Å²) in [5, 5.41) is 7.86. The summed E-state index contributed by atoms with van der Waals surface area (Å²) in [6, 6.07) is 8.12. The van der Waals surface area contributed by atoms with Crippen molar-refractivity contribution in [2.24, 2.45) is 7.05 Å². The van der Waals surface area contributed by atoms with Crippen LogP contribution in [0.2, 0.25) is 5.15 Å². The van der Waals surface area contributed by atoms with E-state index in [1.165, 1.54) is 11.6 Å². The van der Waals surface area contributed by atoms with Crippen LogP contribution in [0.25, 0.3) is 6.08 Å². The van der Waals surface area contributed by atoms with Crippen molar-refractivity contribution in [2.45, 2.75) is 38.0 Å². The molecule has 0 aliphatic heterocycles. The van der Waals surface area contributed by atoms with Crippen molar-refractivity contribution in [3.8, 4) is 5.75 Å². The van der Waals surface area contributed by atoms with Gasteiger partial charge in [-0.1, -0.05) is 42.6 Å². The molecule has 1 aromatic heterocycles. The molecule has 1 N–H and O–H groups in total. The van der Waals surface area contributed by atoms with E-state index in [1.54, 1.807) is 24.9 Å². The largest absolute Gasteiger partial charge is 0.496 e. The Hall–Kier alpha value is -2.27. The molecule has 0 bridgehead atoms. The molecule has 1 aromatic carbocycles. The molecule has 0 spiro atoms. The lowest BCUT2D eigenvalue weighted by molar-refractivity contribution is -0.116. The topological polar surface area (TPSA) is 56.1 Å². The zero-order valence-electron chi connectivity index (χ0n) is 16.1. The molecule has 1 aliphatic carbocycles. The van der Waals surface area contributed by atoms with Crippen LogP contribution in [0.1, 0.15) is 42.5 Å². The summed E-state index contributed by atoms with van der Waals surface area (Å²) < 4.78 is 7.17. The van der Waals surface area contributed by atoms with Gasteiger partial charge in [-0.15, -0.1) is 0 Å². The highest BCUT2D eigenvalue weighted by molar-refractivity contribution is 6.31. The molecular formula is C21H26ClN3O2. The van der Waals surface area contributed by atoms with Crippen molar-refractivity contribution in [1.82, 2.24) is 15.1 Å². The van der Waals surface area contributed by atoms with E-state index in [0.717, 1.165) is 42.7 Å². The van der Waals surface area contributed by atoms with Crippen LogP contribution in [0.5, 0.6) is 5.75 Å². The first kappa shape index (κ1) is 19.5. The van der Waals surface area contributed by atoms with Gasteiger partial charge in [0.1, 0.15) is 10.9 Å². The predicted molar refractivity (Wildman–Crippen MR) is 108 cm³/mol. The van der Waals surface area contributed by atoms with Gasteiger partial charge in [0.2, 0.25) is 5.91 Å². The molecule has 144 valence electrons. The Morgan fingerprint density at radius 2 is 2.07 bits per heavy atom. The summed E-state index contributed by atoms with van der Waals surface area (Å²) in [7, 11) is 3.48. The maximum absolute atomic E-state index is 12.4. The molecule has 1 amide bonds. The summed E-state index contributed by atoms with van der Waals surface area (Å²) in [5.41, 5.74) is 2.68. The number of nitrogens with one attached hydrogen (secondary N) is 1. The van der Waals surface area contributed by atoms with Gasteiger partial charge in [-0.25, -0.2) is 0 Å². The van der Waals surface area contributed by atoms with Crippen LogP contribution in [0.3, 0.4) is 0 Å². The van der Waals surface area contributed by atoms with Crippen molar-refractivity contribution in [3.05, 3.63) is 52.3 Å². The average molecular weight is 388 g/mol. The van der Waals surface area contributed by atoms with Gasteiger partial charge < -0.3 is 10.1 Å². The number of benzene rings is 1. The summed E-state index contributed by atoms with van der Waals surface area (Å²) in [6.45, 7) is 2.47. The van der Waals surface area contributed by atoms with Crippen LogP contribution in [0.4, 0.5) is 0 Å². The zero-order valence-corrected chi connectivity index (χ0v) is 16.8. The molecule has 6 heteroatoms. The van der Waals surface area contributed by atoms with Gasteiger partial charge in [-0.05, 0) is 31.9 Å². The van der Waals surface area contributed by atoms with E-state index in [2.05, 4.69) is 16.5 Å². The van der Waals surface area contributed by atoms with E-state index in [9.17, 15) is 4.79 Å². The second-order valence-electron chi connectivity index (χ2n) is 7.15. The van der Waals surface area contributed by atoms with Crippen molar-refractivity contribution in [1.29, 1.82) is 0 Å². The molecule has 1 heterocycles. The minimum absolute atomic E-state index is 0.0715. The smallest absolute Gasteiger partial charge is 0.244 e. The van der Waals surface area contributed by atoms with E-state index >= 15 is 0 Å². The minimum Gasteiger partial charge on any atom is -0.496 e. The van der Waals surface area contributed by atoms with Crippen LogP contribution in [-0.4, -0.2) is 29.3 Å². The van der Waals surface area contributed by atoms with Crippen molar-refractivity contribution in [3.63, 3.8) is 0 Å². The Labute approximate surface area is 165 Å². The van der Waals surface area contributed by atoms with E-state index in [1.807, 2.05) is 25.1 Å². The van der Waals surface area contributed by atoms with Crippen LogP contribution in [0, 0.1) is 6.92 Å². The van der Waals surface area contributed by atoms with Gasteiger partial charge >= 0.3 is 0 Å². The summed E-state index contributed by atoms with van der Waals surface area (Å²) >= 11 is 6.22. The zero-order chi connectivity index (χ0) is 19.4. The fraction of sp³-hybridized carbons (Fsp3) is 0.429. The molecule has 1 saturated carbocycles. The summed E-state index contributed by atoms with van der Waals surface area (Å²) in [4.78, 5) is 12.4. The number of carbonyl (C=O) groups excluding carboxylic acids is 1. The number of hydrogen-bond donors (Lipinski definition) is 1. The molecule has 3 rings (SSSR count). The van der Waals surface area contributed by atoms with Crippen molar-refractivity contribution < 1.29 is 9.53 Å². The van der Waals surface area contributed by atoms with Gasteiger partial charge in [0.25, 0.3) is 0 Å². The number of halogens is 1. The number of carbonyl (C=O) groups is 1. The molecule has 2 aromatic rings. The fourth-order valence-electron chi connectivity index (χ4n) is 3.99. The standard InChI is InChI=1S/C21H26ClN3O2/c1-15-16(20(22)25(2)24-15)10-11-19(26)23-14-21(12-6-7-13-21)17-8-4-5-9-18(17)27-3/h4-5,8-11H,6-7,12-14H2,1-3H3,(H,23,26)/b11-10+. The predicted octanol–water partition coefficient (Wildman–Crippen LogP) is 4.03. The Bertz CT molecular complexity index is 851. The second-order valence-corrected chi connectivity index (χ2v) is 7.51. The second kappa shape index (κ2) is 8.17. The highest BCUT2D eigenvalue weighted by atomic mass is 35.5. The average Bonchev–Trinajstić information content (AvgIpc) is 3.24. The maximum Gasteiger partial charge on any atom is 0.244 e. The maximum atomic E-state index is 12.4. The normalized spacial score (nSPS) is 16.0. The Kier molecular flexibility index (Phi) is 5.90. The molecule has 0 atom stereocenters. The van der Waals surface area contributed by atoms with Gasteiger partial charge in [-0.2, -0.15) is 5.10 Å². The van der Waals surface area contributed by atoms with Gasteiger partial charge in [-0.3, -0.25) is 9.48 Å². The van der Waals surface area contributed by atoms with Gasteiger partial charge in [0.15, 0.2) is 0 Å². The van der Waals surface area contributed by atoms with E-state index < -0.39 is 0 Å². The van der Waals surface area contributed by atoms with Gasteiger partial charge in [0, 0.05) is 36.2 Å². The van der Waals surface area contributed by atoms with Crippen LogP contribution < -0.4 is 10.1 Å². The minimum atomic E-state index is -0.129. The molecule has 0 radical (unpaired) electrons.